The van der Waals surface area contributed by atoms with E-state index in [9.17, 15) is 5.11 Å². The fourth-order valence-electron chi connectivity index (χ4n) is 3.70. The van der Waals surface area contributed by atoms with Gasteiger partial charge in [-0.1, -0.05) is 64.8 Å². The molecule has 2 rings (SSSR count). The molecule has 1 heteroatoms. The Hall–Kier alpha value is -1.50. The second-order valence-electron chi connectivity index (χ2n) is 9.51. The van der Waals surface area contributed by atoms with Crippen molar-refractivity contribution in [1.29, 1.82) is 0 Å². The van der Waals surface area contributed by atoms with Gasteiger partial charge in [-0.15, -0.1) is 0 Å². The highest BCUT2D eigenvalue weighted by Crippen LogP contribution is 2.49. The molecule has 1 nitrogen and oxygen atoms in total. The third-order valence-electron chi connectivity index (χ3n) is 5.74. The SMILES string of the molecule is CC1=C(C)C(c2cc(C(C)(C)C)cc(C(C)(C)C)c2O)C(C)=C1C. The number of aromatic hydroxyl groups is 1. The van der Waals surface area contributed by atoms with Crippen LogP contribution in [0.1, 0.15) is 91.8 Å². The fraction of sp³-hybridized carbons (Fsp3) is 0.565. The number of hydrogen-bond acceptors (Lipinski definition) is 1. The molecule has 1 aromatic carbocycles. The molecule has 1 aliphatic carbocycles. The molecule has 0 saturated carbocycles. The number of rotatable bonds is 1. The maximum absolute atomic E-state index is 11.1. The average Bonchev–Trinajstić information content (AvgIpc) is 2.61. The van der Waals surface area contributed by atoms with Gasteiger partial charge in [0.05, 0.1) is 0 Å². The van der Waals surface area contributed by atoms with Crippen molar-refractivity contribution < 1.29 is 5.11 Å². The summed E-state index contributed by atoms with van der Waals surface area (Å²) in [6, 6.07) is 4.43. The first-order valence-electron chi connectivity index (χ1n) is 8.99. The van der Waals surface area contributed by atoms with E-state index in [0.717, 1.165) is 11.1 Å². The molecule has 0 amide bonds. The smallest absolute Gasteiger partial charge is 0.123 e. The highest BCUT2D eigenvalue weighted by molar-refractivity contribution is 5.60. The summed E-state index contributed by atoms with van der Waals surface area (Å²) in [5.41, 5.74) is 8.86. The largest absolute Gasteiger partial charge is 0.507 e. The van der Waals surface area contributed by atoms with E-state index in [1.807, 2.05) is 0 Å². The number of hydrogen-bond donors (Lipinski definition) is 1. The highest BCUT2D eigenvalue weighted by atomic mass is 16.3. The maximum atomic E-state index is 11.1. The van der Waals surface area contributed by atoms with Crippen molar-refractivity contribution in [3.63, 3.8) is 0 Å². The molecular weight excluding hydrogens is 292 g/mol. The minimum Gasteiger partial charge on any atom is -0.507 e. The Balaban J connectivity index is 2.81. The normalized spacial score (nSPS) is 17.2. The average molecular weight is 327 g/mol. The van der Waals surface area contributed by atoms with Gasteiger partial charge in [0, 0.05) is 11.5 Å². The van der Waals surface area contributed by atoms with Gasteiger partial charge in [0.2, 0.25) is 0 Å². The zero-order valence-electron chi connectivity index (χ0n) is 17.2. The van der Waals surface area contributed by atoms with Crippen molar-refractivity contribution in [2.24, 2.45) is 0 Å². The molecule has 24 heavy (non-hydrogen) atoms. The summed E-state index contributed by atoms with van der Waals surface area (Å²) in [6.45, 7) is 22.1. The van der Waals surface area contributed by atoms with Gasteiger partial charge < -0.3 is 5.11 Å². The Kier molecular flexibility index (Phi) is 4.54. The first-order valence-corrected chi connectivity index (χ1v) is 8.99. The van der Waals surface area contributed by atoms with Gasteiger partial charge in [-0.2, -0.15) is 0 Å². The Morgan fingerprint density at radius 1 is 0.750 bits per heavy atom. The molecule has 0 radical (unpaired) electrons. The van der Waals surface area contributed by atoms with E-state index in [4.69, 9.17) is 0 Å². The van der Waals surface area contributed by atoms with Crippen LogP contribution in [0.25, 0.3) is 0 Å². The second-order valence-corrected chi connectivity index (χ2v) is 9.51. The highest BCUT2D eigenvalue weighted by Gasteiger charge is 2.32. The van der Waals surface area contributed by atoms with Crippen LogP contribution in [-0.2, 0) is 10.8 Å². The van der Waals surface area contributed by atoms with Crippen molar-refractivity contribution in [1.82, 2.24) is 0 Å². The Labute approximate surface area is 148 Å². The molecule has 0 fully saturated rings. The van der Waals surface area contributed by atoms with Crippen LogP contribution in [0.3, 0.4) is 0 Å². The molecule has 0 atom stereocenters. The van der Waals surface area contributed by atoms with E-state index in [1.165, 1.54) is 27.9 Å². The molecule has 0 spiro atoms. The van der Waals surface area contributed by atoms with Gasteiger partial charge in [0.1, 0.15) is 5.75 Å². The van der Waals surface area contributed by atoms with Crippen molar-refractivity contribution in [3.8, 4) is 5.75 Å². The fourth-order valence-corrected chi connectivity index (χ4v) is 3.70. The lowest BCUT2D eigenvalue weighted by Gasteiger charge is -2.29. The molecule has 0 aliphatic heterocycles. The summed E-state index contributed by atoms with van der Waals surface area (Å²) >= 11 is 0. The molecule has 0 bridgehead atoms. The maximum Gasteiger partial charge on any atom is 0.123 e. The molecule has 0 unspecified atom stereocenters. The second kappa shape index (κ2) is 5.79. The molecule has 0 saturated heterocycles. The monoisotopic (exact) mass is 326 g/mol. The van der Waals surface area contributed by atoms with Crippen molar-refractivity contribution in [3.05, 3.63) is 51.1 Å². The van der Waals surface area contributed by atoms with Gasteiger partial charge in [-0.3, -0.25) is 0 Å². The molecule has 132 valence electrons. The van der Waals surface area contributed by atoms with E-state index >= 15 is 0 Å². The van der Waals surface area contributed by atoms with Crippen LogP contribution in [0.5, 0.6) is 5.75 Å². The Morgan fingerprint density at radius 3 is 1.58 bits per heavy atom. The lowest BCUT2D eigenvalue weighted by atomic mass is 9.76. The number of phenolic OH excluding ortho intramolecular Hbond substituents is 1. The van der Waals surface area contributed by atoms with Gasteiger partial charge in [-0.05, 0) is 60.8 Å². The van der Waals surface area contributed by atoms with E-state index in [-0.39, 0.29) is 16.7 Å². The standard InChI is InChI=1S/C23H34O/c1-13-14(2)16(4)20(15(13)3)18-11-17(22(5,6)7)12-19(21(18)24)23(8,9)10/h11-12,20,24H,1-10H3. The molecule has 1 N–H and O–H groups in total. The summed E-state index contributed by atoms with van der Waals surface area (Å²) in [7, 11) is 0. The summed E-state index contributed by atoms with van der Waals surface area (Å²) in [5.74, 6) is 0.676. The lowest BCUT2D eigenvalue weighted by molar-refractivity contribution is 0.437. The van der Waals surface area contributed by atoms with Crippen LogP contribution in [-0.4, -0.2) is 5.11 Å². The zero-order chi connectivity index (χ0) is 18.6. The predicted molar refractivity (Wildman–Crippen MR) is 105 cm³/mol. The predicted octanol–water partition coefficient (Wildman–Crippen LogP) is 6.76. The topological polar surface area (TPSA) is 20.2 Å². The Morgan fingerprint density at radius 2 is 1.21 bits per heavy atom. The van der Waals surface area contributed by atoms with Crippen LogP contribution in [0.15, 0.2) is 34.4 Å². The van der Waals surface area contributed by atoms with Gasteiger partial charge in [0.25, 0.3) is 0 Å². The third-order valence-corrected chi connectivity index (χ3v) is 5.74. The lowest BCUT2D eigenvalue weighted by Crippen LogP contribution is -2.18. The number of phenols is 1. The molecule has 0 aromatic heterocycles. The van der Waals surface area contributed by atoms with Crippen molar-refractivity contribution in [2.75, 3.05) is 0 Å². The van der Waals surface area contributed by atoms with E-state index in [1.54, 1.807) is 0 Å². The van der Waals surface area contributed by atoms with Crippen LogP contribution < -0.4 is 0 Å². The summed E-state index contributed by atoms with van der Waals surface area (Å²) in [6.07, 6.45) is 0. The van der Waals surface area contributed by atoms with E-state index in [2.05, 4.69) is 81.4 Å². The summed E-state index contributed by atoms with van der Waals surface area (Å²) in [4.78, 5) is 0. The van der Waals surface area contributed by atoms with Crippen molar-refractivity contribution in [2.45, 2.75) is 86.0 Å². The van der Waals surface area contributed by atoms with E-state index < -0.39 is 0 Å². The van der Waals surface area contributed by atoms with Gasteiger partial charge in [-0.25, -0.2) is 0 Å². The van der Waals surface area contributed by atoms with E-state index in [0.29, 0.717) is 5.75 Å². The van der Waals surface area contributed by atoms with Gasteiger partial charge >= 0.3 is 0 Å². The number of allylic oxidation sites excluding steroid dienone is 4. The van der Waals surface area contributed by atoms with Crippen LogP contribution >= 0.6 is 0 Å². The molecular formula is C23H34O. The van der Waals surface area contributed by atoms with Crippen molar-refractivity contribution >= 4 is 0 Å². The quantitative estimate of drug-likeness (QED) is 0.604. The first kappa shape index (κ1) is 18.8. The minimum absolute atomic E-state index is 0.0559. The molecule has 0 heterocycles. The zero-order valence-corrected chi connectivity index (χ0v) is 17.2. The molecule has 1 aliphatic rings. The van der Waals surface area contributed by atoms with Crippen LogP contribution in [0, 0.1) is 0 Å². The van der Waals surface area contributed by atoms with Crippen LogP contribution in [0.2, 0.25) is 0 Å². The summed E-state index contributed by atoms with van der Waals surface area (Å²) in [5, 5.41) is 11.1. The first-order chi connectivity index (χ1) is 10.8. The third kappa shape index (κ3) is 3.06. The van der Waals surface area contributed by atoms with Gasteiger partial charge in [0.15, 0.2) is 0 Å². The summed E-state index contributed by atoms with van der Waals surface area (Å²) < 4.78 is 0. The Bertz CT molecular complexity index is 707. The number of benzene rings is 1. The molecule has 1 aromatic rings. The minimum atomic E-state index is -0.0853. The van der Waals surface area contributed by atoms with Crippen LogP contribution in [0.4, 0.5) is 0 Å².